The van der Waals surface area contributed by atoms with Gasteiger partial charge in [-0.25, -0.2) is 0 Å². The molecule has 0 aliphatic rings. The zero-order chi connectivity index (χ0) is 11.1. The molecular weight excluding hydrogens is 281 g/mol. The molecule has 0 radical (unpaired) electrons. The predicted octanol–water partition coefficient (Wildman–Crippen LogP) is -12.9. The van der Waals surface area contributed by atoms with E-state index in [0.29, 0.717) is 11.8 Å². The quantitative estimate of drug-likeness (QED) is 0.426. The van der Waals surface area contributed by atoms with E-state index in [4.69, 9.17) is 0 Å². The van der Waals surface area contributed by atoms with Gasteiger partial charge in [0.2, 0.25) is 0 Å². The van der Waals surface area contributed by atoms with E-state index in [0.717, 1.165) is 0 Å². The maximum absolute atomic E-state index is 10.3. The van der Waals surface area contributed by atoms with Gasteiger partial charge in [0.25, 0.3) is 0 Å². The van der Waals surface area contributed by atoms with Crippen molar-refractivity contribution in [2.45, 2.75) is 18.1 Å². The minimum Gasteiger partial charge on any atom is -0.550 e. The molecule has 0 N–H and O–H groups in total. The molecule has 0 bridgehead atoms. The summed E-state index contributed by atoms with van der Waals surface area (Å²) in [6, 6.07) is 0. The summed E-state index contributed by atoms with van der Waals surface area (Å²) in [6.45, 7) is 0. The van der Waals surface area contributed by atoms with Gasteiger partial charge in [-0.15, -0.1) is 0 Å². The molecule has 0 aliphatic heterocycles. The predicted molar refractivity (Wildman–Crippen MR) is 40.5 cm³/mol. The Morgan fingerprint density at radius 3 is 1.71 bits per heavy atom. The van der Waals surface area contributed by atoms with E-state index in [1.165, 1.54) is 0 Å². The van der Waals surface area contributed by atoms with E-state index >= 15 is 0 Å². The van der Waals surface area contributed by atoms with Crippen LogP contribution < -0.4 is 104 Å². The van der Waals surface area contributed by atoms with E-state index in [9.17, 15) is 29.7 Å². The van der Waals surface area contributed by atoms with Crippen LogP contribution in [0.4, 0.5) is 0 Å². The van der Waals surface area contributed by atoms with Crippen molar-refractivity contribution in [3.8, 4) is 0 Å². The number of carbonyl (C=O) groups is 3. The number of aliphatic carboxylic acids is 3. The third-order valence-corrected chi connectivity index (χ3v) is 2.44. The number of carbonyl (C=O) groups excluding carboxylic acids is 3. The largest absolute Gasteiger partial charge is 1.00 e. The Labute approximate surface area is 169 Å². The zero-order valence-electron chi connectivity index (χ0n) is 10.1. The molecule has 80 valence electrons. The molecule has 0 saturated heterocycles. The van der Waals surface area contributed by atoms with Gasteiger partial charge in [0, 0.05) is 23.6 Å². The molecule has 0 spiro atoms. The fourth-order valence-electron chi connectivity index (χ4n) is 0.646. The van der Waals surface area contributed by atoms with Crippen molar-refractivity contribution >= 4 is 29.7 Å². The average molecular weight is 288 g/mol. The third kappa shape index (κ3) is 17.8. The average Bonchev–Trinajstić information content (AvgIpc) is 2.00. The van der Waals surface area contributed by atoms with Gasteiger partial charge in [-0.2, -0.15) is 11.8 Å². The summed E-state index contributed by atoms with van der Waals surface area (Å²) in [5.41, 5.74) is 0. The van der Waals surface area contributed by atoms with Crippen molar-refractivity contribution in [3.63, 3.8) is 0 Å². The van der Waals surface area contributed by atoms with Crippen LogP contribution in [0.5, 0.6) is 0 Å². The summed E-state index contributed by atoms with van der Waals surface area (Å²) in [6.07, 6.45) is -1.03. The van der Waals surface area contributed by atoms with Crippen LogP contribution >= 0.6 is 11.8 Å². The number of carboxylic acids is 3. The molecule has 0 aromatic rings. The van der Waals surface area contributed by atoms with Crippen LogP contribution in [0.3, 0.4) is 0 Å². The van der Waals surface area contributed by atoms with Crippen molar-refractivity contribution in [2.75, 3.05) is 5.75 Å². The molecule has 17 heavy (non-hydrogen) atoms. The van der Waals surface area contributed by atoms with Gasteiger partial charge in [0.1, 0.15) is 0 Å². The summed E-state index contributed by atoms with van der Waals surface area (Å²) < 4.78 is 0. The summed E-state index contributed by atoms with van der Waals surface area (Å²) in [4.78, 5) is 30.3. The molecule has 0 saturated carbocycles. The first kappa shape index (κ1) is 27.2. The van der Waals surface area contributed by atoms with E-state index in [-0.39, 0.29) is 101 Å². The number of rotatable bonds is 7. The van der Waals surface area contributed by atoms with E-state index < -0.39 is 29.6 Å². The summed E-state index contributed by atoms with van der Waals surface area (Å²) >= 11 is 0.683. The van der Waals surface area contributed by atoms with E-state index in [1.54, 1.807) is 0 Å². The zero-order valence-corrected chi connectivity index (χ0v) is 16.9. The van der Waals surface area contributed by atoms with Crippen molar-refractivity contribution < 1.29 is 118 Å². The summed E-state index contributed by atoms with van der Waals surface area (Å²) in [5, 5.41) is 29.1. The standard InChI is InChI=1S/C7H10O6S.3Na/c8-5(9)1-2-14-4(7(12)13)3-6(10)11;;;/h4H,1-3H2,(H,8,9)(H,10,11)(H,12,13);;;/q;3*+1/p-3. The normalized spacial score (nSPS) is 9.88. The summed E-state index contributed by atoms with van der Waals surface area (Å²) in [7, 11) is 0. The Balaban J connectivity index is -0.000000282. The second-order valence-electron chi connectivity index (χ2n) is 2.38. The third-order valence-electron chi connectivity index (χ3n) is 1.24. The van der Waals surface area contributed by atoms with Gasteiger partial charge in [0.05, 0.1) is 5.97 Å². The Morgan fingerprint density at radius 2 is 1.41 bits per heavy atom. The molecule has 1 atom stereocenters. The van der Waals surface area contributed by atoms with Gasteiger partial charge in [-0.05, 0) is 12.2 Å². The van der Waals surface area contributed by atoms with E-state index in [1.807, 2.05) is 0 Å². The van der Waals surface area contributed by atoms with Crippen molar-refractivity contribution in [2.24, 2.45) is 0 Å². The smallest absolute Gasteiger partial charge is 0.550 e. The van der Waals surface area contributed by atoms with Crippen LogP contribution in [-0.2, 0) is 14.4 Å². The van der Waals surface area contributed by atoms with Crippen LogP contribution in [-0.4, -0.2) is 28.9 Å². The van der Waals surface area contributed by atoms with Gasteiger partial charge < -0.3 is 29.7 Å². The van der Waals surface area contributed by atoms with Crippen molar-refractivity contribution in [3.05, 3.63) is 0 Å². The maximum atomic E-state index is 10.3. The number of carboxylic acid groups (broad SMARTS) is 3. The fourth-order valence-corrected chi connectivity index (χ4v) is 1.61. The van der Waals surface area contributed by atoms with E-state index in [2.05, 4.69) is 0 Å². The monoisotopic (exact) mass is 288 g/mol. The summed E-state index contributed by atoms with van der Waals surface area (Å²) in [5.74, 6) is -4.41. The Hall–Kier alpha value is 1.76. The molecule has 0 rings (SSSR count). The SMILES string of the molecule is O=C([O-])CCSC(CC(=O)[O-])C(=O)[O-].[Na+].[Na+].[Na+]. The first-order valence-corrected chi connectivity index (χ1v) is 4.70. The molecule has 0 aromatic carbocycles. The van der Waals surface area contributed by atoms with Crippen LogP contribution in [0, 0.1) is 0 Å². The molecule has 0 amide bonds. The second kappa shape index (κ2) is 15.8. The Bertz CT molecular complexity index is 250. The molecule has 10 heteroatoms. The van der Waals surface area contributed by atoms with Gasteiger partial charge in [-0.1, -0.05) is 0 Å². The van der Waals surface area contributed by atoms with Crippen LogP contribution in [0.1, 0.15) is 12.8 Å². The van der Waals surface area contributed by atoms with Crippen LogP contribution in [0.25, 0.3) is 0 Å². The maximum Gasteiger partial charge on any atom is 1.00 e. The first-order chi connectivity index (χ1) is 6.43. The number of thioether (sulfide) groups is 1. The molecule has 1 unspecified atom stereocenters. The number of hydrogen-bond acceptors (Lipinski definition) is 7. The molecule has 0 heterocycles. The van der Waals surface area contributed by atoms with Gasteiger partial charge in [-0.3, -0.25) is 0 Å². The minimum atomic E-state index is -1.54. The Morgan fingerprint density at radius 1 is 0.941 bits per heavy atom. The Kier molecular flexibility index (Phi) is 25.3. The second-order valence-corrected chi connectivity index (χ2v) is 3.69. The molecule has 6 nitrogen and oxygen atoms in total. The topological polar surface area (TPSA) is 120 Å². The van der Waals surface area contributed by atoms with Gasteiger partial charge >= 0.3 is 88.7 Å². The molecule has 0 aromatic heterocycles. The van der Waals surface area contributed by atoms with Crippen molar-refractivity contribution in [1.82, 2.24) is 0 Å². The van der Waals surface area contributed by atoms with Crippen molar-refractivity contribution in [1.29, 1.82) is 0 Å². The number of hydrogen-bond donors (Lipinski definition) is 0. The fraction of sp³-hybridized carbons (Fsp3) is 0.571. The van der Waals surface area contributed by atoms with Crippen LogP contribution in [0.15, 0.2) is 0 Å². The van der Waals surface area contributed by atoms with Gasteiger partial charge in [0.15, 0.2) is 0 Å². The molecule has 0 aliphatic carbocycles. The minimum absolute atomic E-state index is 0. The molecule has 0 fully saturated rings. The first-order valence-electron chi connectivity index (χ1n) is 3.65. The van der Waals surface area contributed by atoms with Crippen LogP contribution in [0.2, 0.25) is 0 Å². The molecular formula is C7H7Na3O6S.